The van der Waals surface area contributed by atoms with E-state index < -0.39 is 11.6 Å². The van der Waals surface area contributed by atoms with E-state index in [2.05, 4.69) is 21.2 Å². The predicted octanol–water partition coefficient (Wildman–Crippen LogP) is 3.04. The van der Waals surface area contributed by atoms with Crippen molar-refractivity contribution in [1.29, 1.82) is 0 Å². The highest BCUT2D eigenvalue weighted by Crippen LogP contribution is 2.48. The fraction of sp³-hybridized carbons (Fsp3) is 0.500. The lowest BCUT2D eigenvalue weighted by Crippen LogP contribution is -2.42. The van der Waals surface area contributed by atoms with E-state index >= 15 is 0 Å². The van der Waals surface area contributed by atoms with Gasteiger partial charge in [0.05, 0.1) is 16.1 Å². The first-order valence-corrected chi connectivity index (χ1v) is 7.47. The average molecular weight is 345 g/mol. The molecule has 4 atom stereocenters. The Kier molecular flexibility index (Phi) is 3.54. The molecule has 20 heavy (non-hydrogen) atoms. The standard InChI is InChI=1S/C14H15BrF2N2O/c15-8-4-11(10(17)5-9(8)16)19-14(20)12-6-1-2-7(3-6)13(12)18/h4-7,12-13H,1-3,18H2,(H,19,20). The molecule has 2 saturated carbocycles. The van der Waals surface area contributed by atoms with Crippen LogP contribution in [0, 0.1) is 29.4 Å². The molecular formula is C14H15BrF2N2O. The molecule has 0 aliphatic heterocycles. The molecule has 1 amide bonds. The van der Waals surface area contributed by atoms with Gasteiger partial charge in [-0.25, -0.2) is 8.78 Å². The maximum Gasteiger partial charge on any atom is 0.229 e. The minimum atomic E-state index is -0.782. The van der Waals surface area contributed by atoms with Crippen molar-refractivity contribution in [2.75, 3.05) is 5.32 Å². The Bertz CT molecular complexity index is 564. The molecule has 0 spiro atoms. The molecule has 0 saturated heterocycles. The molecular weight excluding hydrogens is 330 g/mol. The number of carbonyl (C=O) groups is 1. The number of carbonyl (C=O) groups excluding carboxylic acids is 1. The van der Waals surface area contributed by atoms with Crippen LogP contribution in [0.1, 0.15) is 19.3 Å². The van der Waals surface area contributed by atoms with Crippen LogP contribution in [0.3, 0.4) is 0 Å². The molecule has 2 bridgehead atoms. The molecule has 3 N–H and O–H groups in total. The molecule has 2 aliphatic rings. The summed E-state index contributed by atoms with van der Waals surface area (Å²) >= 11 is 2.98. The van der Waals surface area contributed by atoms with Crippen LogP contribution in [-0.4, -0.2) is 11.9 Å². The third-order valence-corrected chi connectivity index (χ3v) is 5.16. The summed E-state index contributed by atoms with van der Waals surface area (Å²) < 4.78 is 26.9. The smallest absolute Gasteiger partial charge is 0.229 e. The van der Waals surface area contributed by atoms with Crippen molar-refractivity contribution in [3.63, 3.8) is 0 Å². The van der Waals surface area contributed by atoms with Gasteiger partial charge in [0.15, 0.2) is 0 Å². The van der Waals surface area contributed by atoms with E-state index in [0.29, 0.717) is 11.8 Å². The van der Waals surface area contributed by atoms with Crippen LogP contribution in [0.15, 0.2) is 16.6 Å². The predicted molar refractivity (Wildman–Crippen MR) is 75.0 cm³/mol. The number of nitrogens with two attached hydrogens (primary N) is 1. The Balaban J connectivity index is 1.78. The van der Waals surface area contributed by atoms with Crippen molar-refractivity contribution >= 4 is 27.5 Å². The van der Waals surface area contributed by atoms with Gasteiger partial charge in [-0.05, 0) is 53.1 Å². The minimum absolute atomic E-state index is 0.0155. The van der Waals surface area contributed by atoms with Gasteiger partial charge in [0.2, 0.25) is 5.91 Å². The van der Waals surface area contributed by atoms with Crippen molar-refractivity contribution in [3.8, 4) is 0 Å². The number of nitrogens with one attached hydrogen (secondary N) is 1. The molecule has 2 fully saturated rings. The zero-order chi connectivity index (χ0) is 14.4. The summed E-state index contributed by atoms with van der Waals surface area (Å²) in [6.45, 7) is 0. The van der Waals surface area contributed by atoms with Gasteiger partial charge in [-0.1, -0.05) is 0 Å². The summed E-state index contributed by atoms with van der Waals surface area (Å²) in [5, 5.41) is 2.54. The molecule has 0 aromatic heterocycles. The molecule has 6 heteroatoms. The number of hydrogen-bond acceptors (Lipinski definition) is 2. The SMILES string of the molecule is NC1C2CCC(C2)C1C(=O)Nc1cc(Br)c(F)cc1F. The van der Waals surface area contributed by atoms with E-state index in [1.54, 1.807) is 0 Å². The quantitative estimate of drug-likeness (QED) is 0.810. The lowest BCUT2D eigenvalue weighted by molar-refractivity contribution is -0.121. The second-order valence-corrected chi connectivity index (χ2v) is 6.53. The third-order valence-electron chi connectivity index (χ3n) is 4.55. The summed E-state index contributed by atoms with van der Waals surface area (Å²) in [7, 11) is 0. The summed E-state index contributed by atoms with van der Waals surface area (Å²) in [6.07, 6.45) is 3.06. The minimum Gasteiger partial charge on any atom is -0.327 e. The summed E-state index contributed by atoms with van der Waals surface area (Å²) in [4.78, 5) is 12.3. The second kappa shape index (κ2) is 5.07. The Morgan fingerprint density at radius 1 is 1.25 bits per heavy atom. The van der Waals surface area contributed by atoms with Gasteiger partial charge in [-0.15, -0.1) is 0 Å². The zero-order valence-corrected chi connectivity index (χ0v) is 12.3. The van der Waals surface area contributed by atoms with Crippen LogP contribution in [0.25, 0.3) is 0 Å². The molecule has 3 nitrogen and oxygen atoms in total. The maximum atomic E-state index is 13.7. The second-order valence-electron chi connectivity index (χ2n) is 5.67. The number of fused-ring (bicyclic) bond motifs is 2. The number of rotatable bonds is 2. The van der Waals surface area contributed by atoms with E-state index in [-0.39, 0.29) is 28.0 Å². The molecule has 4 unspecified atom stereocenters. The van der Waals surface area contributed by atoms with E-state index in [1.807, 2.05) is 0 Å². The van der Waals surface area contributed by atoms with Gasteiger partial charge in [0.1, 0.15) is 11.6 Å². The van der Waals surface area contributed by atoms with Crippen LogP contribution in [0.5, 0.6) is 0 Å². The number of amides is 1. The number of benzene rings is 1. The van der Waals surface area contributed by atoms with Crippen molar-refractivity contribution < 1.29 is 13.6 Å². The van der Waals surface area contributed by atoms with Crippen molar-refractivity contribution in [2.24, 2.45) is 23.5 Å². The fourth-order valence-electron chi connectivity index (χ4n) is 3.56. The third kappa shape index (κ3) is 2.24. The van der Waals surface area contributed by atoms with Gasteiger partial charge in [0, 0.05) is 12.1 Å². The first-order chi connectivity index (χ1) is 9.47. The maximum absolute atomic E-state index is 13.7. The topological polar surface area (TPSA) is 55.1 Å². The van der Waals surface area contributed by atoms with Gasteiger partial charge < -0.3 is 11.1 Å². The van der Waals surface area contributed by atoms with Crippen LogP contribution in [0.2, 0.25) is 0 Å². The van der Waals surface area contributed by atoms with Gasteiger partial charge >= 0.3 is 0 Å². The number of halogens is 3. The van der Waals surface area contributed by atoms with Gasteiger partial charge in [-0.2, -0.15) is 0 Å². The van der Waals surface area contributed by atoms with Gasteiger partial charge in [-0.3, -0.25) is 4.79 Å². The number of anilines is 1. The highest BCUT2D eigenvalue weighted by molar-refractivity contribution is 9.10. The molecule has 1 aromatic rings. The Labute approximate surface area is 124 Å². The summed E-state index contributed by atoms with van der Waals surface area (Å²) in [5.41, 5.74) is 6.07. The highest BCUT2D eigenvalue weighted by atomic mass is 79.9. The molecule has 0 radical (unpaired) electrons. The Hall–Kier alpha value is -1.01. The first-order valence-electron chi connectivity index (χ1n) is 6.68. The van der Waals surface area contributed by atoms with E-state index in [0.717, 1.165) is 25.3 Å². The van der Waals surface area contributed by atoms with Crippen LogP contribution in [-0.2, 0) is 4.79 Å². The average Bonchev–Trinajstić information content (AvgIpc) is 2.96. The van der Waals surface area contributed by atoms with Gasteiger partial charge in [0.25, 0.3) is 0 Å². The summed E-state index contributed by atoms with van der Waals surface area (Å²) in [5.74, 6) is -1.31. The van der Waals surface area contributed by atoms with Crippen LogP contribution >= 0.6 is 15.9 Å². The van der Waals surface area contributed by atoms with Crippen molar-refractivity contribution in [3.05, 3.63) is 28.2 Å². The highest BCUT2D eigenvalue weighted by Gasteiger charge is 2.49. The normalized spacial score (nSPS) is 31.6. The van der Waals surface area contributed by atoms with Crippen molar-refractivity contribution in [2.45, 2.75) is 25.3 Å². The largest absolute Gasteiger partial charge is 0.327 e. The Morgan fingerprint density at radius 3 is 2.60 bits per heavy atom. The zero-order valence-electron chi connectivity index (χ0n) is 10.7. The molecule has 1 aromatic carbocycles. The van der Waals surface area contributed by atoms with E-state index in [4.69, 9.17) is 5.73 Å². The fourth-order valence-corrected chi connectivity index (χ4v) is 3.90. The van der Waals surface area contributed by atoms with Crippen molar-refractivity contribution in [1.82, 2.24) is 0 Å². The molecule has 108 valence electrons. The van der Waals surface area contributed by atoms with Crippen LogP contribution in [0.4, 0.5) is 14.5 Å². The first kappa shape index (κ1) is 13.9. The Morgan fingerprint density at radius 2 is 1.95 bits per heavy atom. The number of hydrogen-bond donors (Lipinski definition) is 2. The van der Waals surface area contributed by atoms with E-state index in [9.17, 15) is 13.6 Å². The lowest BCUT2D eigenvalue weighted by atomic mass is 9.84. The molecule has 0 heterocycles. The summed E-state index contributed by atoms with van der Waals surface area (Å²) in [6, 6.07) is 1.84. The molecule has 2 aliphatic carbocycles. The van der Waals surface area contributed by atoms with Crippen LogP contribution < -0.4 is 11.1 Å². The monoisotopic (exact) mass is 344 g/mol. The molecule has 3 rings (SSSR count). The lowest BCUT2D eigenvalue weighted by Gasteiger charge is -2.27. The van der Waals surface area contributed by atoms with E-state index in [1.165, 1.54) is 6.07 Å².